The summed E-state index contributed by atoms with van der Waals surface area (Å²) in [7, 11) is 0. The van der Waals surface area contributed by atoms with Crippen molar-refractivity contribution in [1.29, 1.82) is 0 Å². The minimum atomic E-state index is 0.177. The molecule has 0 aliphatic carbocycles. The number of benzene rings is 1. The van der Waals surface area contributed by atoms with Gasteiger partial charge in [-0.25, -0.2) is 0 Å². The first-order valence-corrected chi connectivity index (χ1v) is 6.78. The third-order valence-corrected chi connectivity index (χ3v) is 3.64. The lowest BCUT2D eigenvalue weighted by atomic mass is 10.0. The fourth-order valence-electron chi connectivity index (χ4n) is 2.47. The lowest BCUT2D eigenvalue weighted by molar-refractivity contribution is 0.242. The Morgan fingerprint density at radius 3 is 2.33 bits per heavy atom. The summed E-state index contributed by atoms with van der Waals surface area (Å²) in [6, 6.07) is 6.03. The molecular formula is C15H24N2O. The third kappa shape index (κ3) is 2.89. The van der Waals surface area contributed by atoms with E-state index in [1.165, 1.54) is 5.69 Å². The minimum absolute atomic E-state index is 0.177. The van der Waals surface area contributed by atoms with Gasteiger partial charge >= 0.3 is 0 Å². The number of hydrogen-bond acceptors (Lipinski definition) is 3. The van der Waals surface area contributed by atoms with Crippen LogP contribution in [0.4, 0.5) is 11.4 Å². The lowest BCUT2D eigenvalue weighted by Gasteiger charge is -2.20. The molecule has 2 atom stereocenters. The average molecular weight is 248 g/mol. The predicted octanol–water partition coefficient (Wildman–Crippen LogP) is 3.15. The summed E-state index contributed by atoms with van der Waals surface area (Å²) in [5, 5.41) is 0. The monoisotopic (exact) mass is 248 g/mol. The quantitative estimate of drug-likeness (QED) is 0.835. The van der Waals surface area contributed by atoms with Crippen molar-refractivity contribution in [3.05, 3.63) is 18.2 Å². The van der Waals surface area contributed by atoms with E-state index in [-0.39, 0.29) is 6.10 Å². The molecule has 1 saturated heterocycles. The van der Waals surface area contributed by atoms with Crippen LogP contribution >= 0.6 is 0 Å². The molecule has 0 amide bonds. The fraction of sp³-hybridized carbons (Fsp3) is 0.600. The van der Waals surface area contributed by atoms with Crippen molar-refractivity contribution in [2.24, 2.45) is 11.8 Å². The van der Waals surface area contributed by atoms with Gasteiger partial charge in [0.1, 0.15) is 5.75 Å². The Labute approximate surface area is 110 Å². The first-order valence-electron chi connectivity index (χ1n) is 6.78. The highest BCUT2D eigenvalue weighted by molar-refractivity contribution is 5.61. The van der Waals surface area contributed by atoms with Gasteiger partial charge in [-0.05, 0) is 31.7 Å². The molecule has 100 valence electrons. The van der Waals surface area contributed by atoms with Crippen molar-refractivity contribution in [3.8, 4) is 5.75 Å². The molecule has 1 aliphatic rings. The molecule has 0 saturated carbocycles. The van der Waals surface area contributed by atoms with E-state index >= 15 is 0 Å². The molecule has 2 rings (SSSR count). The van der Waals surface area contributed by atoms with Crippen LogP contribution in [-0.4, -0.2) is 19.2 Å². The standard InChI is InChI=1S/C15H24N2O/c1-10(2)18-15-6-13(16)5-14(7-15)17-8-11(3)12(4)9-17/h5-7,10-12H,8-9,16H2,1-4H3. The SMILES string of the molecule is CC(C)Oc1cc(N)cc(N2CC(C)C(C)C2)c1. The molecule has 1 heterocycles. The normalized spacial score (nSPS) is 23.7. The number of nitrogens with two attached hydrogens (primary N) is 1. The van der Waals surface area contributed by atoms with Crippen molar-refractivity contribution < 1.29 is 4.74 Å². The largest absolute Gasteiger partial charge is 0.491 e. The second-order valence-corrected chi connectivity index (χ2v) is 5.79. The maximum Gasteiger partial charge on any atom is 0.123 e. The lowest BCUT2D eigenvalue weighted by Crippen LogP contribution is -2.20. The minimum Gasteiger partial charge on any atom is -0.491 e. The van der Waals surface area contributed by atoms with Gasteiger partial charge in [0, 0.05) is 36.6 Å². The van der Waals surface area contributed by atoms with Crippen LogP contribution in [0, 0.1) is 11.8 Å². The van der Waals surface area contributed by atoms with Crippen molar-refractivity contribution in [2.45, 2.75) is 33.8 Å². The molecule has 3 nitrogen and oxygen atoms in total. The van der Waals surface area contributed by atoms with Crippen LogP contribution in [0.3, 0.4) is 0 Å². The number of nitrogens with zero attached hydrogens (tertiary/aromatic N) is 1. The number of rotatable bonds is 3. The van der Waals surface area contributed by atoms with Crippen molar-refractivity contribution >= 4 is 11.4 Å². The van der Waals surface area contributed by atoms with Gasteiger partial charge in [0.25, 0.3) is 0 Å². The van der Waals surface area contributed by atoms with Crippen LogP contribution in [0.2, 0.25) is 0 Å². The van der Waals surface area contributed by atoms with Gasteiger partial charge < -0.3 is 15.4 Å². The summed E-state index contributed by atoms with van der Waals surface area (Å²) >= 11 is 0. The van der Waals surface area contributed by atoms with Crippen LogP contribution in [0.25, 0.3) is 0 Å². The summed E-state index contributed by atoms with van der Waals surface area (Å²) < 4.78 is 5.74. The number of nitrogen functional groups attached to an aromatic ring is 1. The third-order valence-electron chi connectivity index (χ3n) is 3.64. The number of hydrogen-bond donors (Lipinski definition) is 1. The summed E-state index contributed by atoms with van der Waals surface area (Å²) in [5.41, 5.74) is 7.92. The highest BCUT2D eigenvalue weighted by Crippen LogP contribution is 2.32. The zero-order chi connectivity index (χ0) is 13.3. The summed E-state index contributed by atoms with van der Waals surface area (Å²) in [6.45, 7) is 10.9. The van der Waals surface area contributed by atoms with Gasteiger partial charge in [-0.1, -0.05) is 13.8 Å². The molecule has 0 radical (unpaired) electrons. The number of ether oxygens (including phenoxy) is 1. The van der Waals surface area contributed by atoms with Crippen LogP contribution in [0.5, 0.6) is 5.75 Å². The molecule has 0 bridgehead atoms. The molecule has 1 fully saturated rings. The topological polar surface area (TPSA) is 38.5 Å². The smallest absolute Gasteiger partial charge is 0.123 e. The van der Waals surface area contributed by atoms with Gasteiger partial charge in [-0.3, -0.25) is 0 Å². The molecule has 2 unspecified atom stereocenters. The molecule has 1 aromatic carbocycles. The van der Waals surface area contributed by atoms with Gasteiger partial charge in [0.05, 0.1) is 6.10 Å². The molecule has 0 aromatic heterocycles. The Bertz CT molecular complexity index is 407. The van der Waals surface area contributed by atoms with E-state index in [4.69, 9.17) is 10.5 Å². The Hall–Kier alpha value is -1.38. The van der Waals surface area contributed by atoms with E-state index in [2.05, 4.69) is 24.8 Å². The van der Waals surface area contributed by atoms with Crippen LogP contribution < -0.4 is 15.4 Å². The van der Waals surface area contributed by atoms with Gasteiger partial charge in [-0.2, -0.15) is 0 Å². The van der Waals surface area contributed by atoms with E-state index in [1.54, 1.807) is 0 Å². The second-order valence-electron chi connectivity index (χ2n) is 5.79. The summed E-state index contributed by atoms with van der Waals surface area (Å²) in [5.74, 6) is 2.34. The van der Waals surface area contributed by atoms with E-state index < -0.39 is 0 Å². The van der Waals surface area contributed by atoms with Gasteiger partial charge in [0.2, 0.25) is 0 Å². The Balaban J connectivity index is 2.20. The molecule has 1 aliphatic heterocycles. The Kier molecular flexibility index (Phi) is 3.69. The maximum absolute atomic E-state index is 5.97. The predicted molar refractivity (Wildman–Crippen MR) is 77.2 cm³/mol. The molecular weight excluding hydrogens is 224 g/mol. The highest BCUT2D eigenvalue weighted by atomic mass is 16.5. The van der Waals surface area contributed by atoms with Crippen molar-refractivity contribution in [2.75, 3.05) is 23.7 Å². The first-order chi connectivity index (χ1) is 8.45. The van der Waals surface area contributed by atoms with E-state index in [9.17, 15) is 0 Å². The summed E-state index contributed by atoms with van der Waals surface area (Å²) in [4.78, 5) is 2.40. The molecule has 18 heavy (non-hydrogen) atoms. The molecule has 1 aromatic rings. The average Bonchev–Trinajstić information content (AvgIpc) is 2.57. The highest BCUT2D eigenvalue weighted by Gasteiger charge is 2.26. The summed E-state index contributed by atoms with van der Waals surface area (Å²) in [6.07, 6.45) is 0.177. The van der Waals surface area contributed by atoms with E-state index in [0.29, 0.717) is 0 Å². The van der Waals surface area contributed by atoms with Crippen LogP contribution in [0.15, 0.2) is 18.2 Å². The van der Waals surface area contributed by atoms with Crippen molar-refractivity contribution in [3.63, 3.8) is 0 Å². The van der Waals surface area contributed by atoms with Gasteiger partial charge in [-0.15, -0.1) is 0 Å². The maximum atomic E-state index is 5.97. The van der Waals surface area contributed by atoms with Gasteiger partial charge in [0.15, 0.2) is 0 Å². The van der Waals surface area contributed by atoms with Crippen LogP contribution in [0.1, 0.15) is 27.7 Å². The van der Waals surface area contributed by atoms with Crippen LogP contribution in [-0.2, 0) is 0 Å². The van der Waals surface area contributed by atoms with E-state index in [1.807, 2.05) is 26.0 Å². The molecule has 0 spiro atoms. The second kappa shape index (κ2) is 5.09. The zero-order valence-electron chi connectivity index (χ0n) is 11.8. The Morgan fingerprint density at radius 1 is 1.17 bits per heavy atom. The number of anilines is 2. The molecule has 2 N–H and O–H groups in total. The van der Waals surface area contributed by atoms with Crippen molar-refractivity contribution in [1.82, 2.24) is 0 Å². The van der Waals surface area contributed by atoms with E-state index in [0.717, 1.165) is 36.4 Å². The fourth-order valence-corrected chi connectivity index (χ4v) is 2.47. The Morgan fingerprint density at radius 2 is 1.78 bits per heavy atom. The molecule has 3 heteroatoms. The zero-order valence-corrected chi connectivity index (χ0v) is 11.8. The first kappa shape index (κ1) is 13.1.